The van der Waals surface area contributed by atoms with E-state index in [1.54, 1.807) is 6.07 Å². The highest BCUT2D eigenvalue weighted by Crippen LogP contribution is 2.26. The quantitative estimate of drug-likeness (QED) is 0.896. The summed E-state index contributed by atoms with van der Waals surface area (Å²) < 4.78 is 42.2. The van der Waals surface area contributed by atoms with Crippen molar-refractivity contribution < 1.29 is 17.9 Å². The molecule has 1 aromatic carbocycles. The molecule has 2 N–H and O–H groups in total. The molecule has 102 valence electrons. The minimum atomic E-state index is -4.15. The Hall–Kier alpha value is -0.750. The highest BCUT2D eigenvalue weighted by molar-refractivity contribution is 9.10. The summed E-state index contributed by atoms with van der Waals surface area (Å²) in [6, 6.07) is 4.85. The number of hydrogen-bond donors (Lipinski definition) is 1. The first-order valence-corrected chi connectivity index (χ1v) is 6.26. The maximum absolute atomic E-state index is 12.1. The van der Waals surface area contributed by atoms with Crippen molar-refractivity contribution in [3.05, 3.63) is 28.2 Å². The molecule has 0 radical (unpaired) electrons. The fraction of sp³-hybridized carbons (Fsp3) is 0.500. The van der Waals surface area contributed by atoms with E-state index in [-0.39, 0.29) is 6.42 Å². The standard InChI is InChI=1S/C12H15BrF3NO/c1-18-11-3-2-9(13)6-8(11)7-10(17)4-5-12(14,15)16/h2-3,6,10H,4-5,7,17H2,1H3. The van der Waals surface area contributed by atoms with E-state index in [0.717, 1.165) is 10.0 Å². The van der Waals surface area contributed by atoms with Crippen LogP contribution in [0.1, 0.15) is 18.4 Å². The van der Waals surface area contributed by atoms with Crippen molar-refractivity contribution in [2.24, 2.45) is 5.73 Å². The van der Waals surface area contributed by atoms with Crippen molar-refractivity contribution in [1.29, 1.82) is 0 Å². The first-order valence-electron chi connectivity index (χ1n) is 5.46. The Balaban J connectivity index is 2.63. The van der Waals surface area contributed by atoms with Gasteiger partial charge in [-0.05, 0) is 36.6 Å². The van der Waals surface area contributed by atoms with Gasteiger partial charge in [0.25, 0.3) is 0 Å². The summed E-state index contributed by atoms with van der Waals surface area (Å²) >= 11 is 3.31. The zero-order valence-corrected chi connectivity index (χ0v) is 11.5. The first-order chi connectivity index (χ1) is 8.31. The average molecular weight is 326 g/mol. The SMILES string of the molecule is COc1ccc(Br)cc1CC(N)CCC(F)(F)F. The van der Waals surface area contributed by atoms with Gasteiger partial charge in [-0.25, -0.2) is 0 Å². The first kappa shape index (κ1) is 15.3. The number of ether oxygens (including phenoxy) is 1. The summed E-state index contributed by atoms with van der Waals surface area (Å²) in [5.41, 5.74) is 6.52. The van der Waals surface area contributed by atoms with E-state index < -0.39 is 18.6 Å². The smallest absolute Gasteiger partial charge is 0.389 e. The predicted octanol–water partition coefficient (Wildman–Crippen LogP) is 3.67. The topological polar surface area (TPSA) is 35.2 Å². The molecule has 0 heterocycles. The Kier molecular flexibility index (Phi) is 5.47. The Labute approximate surface area is 112 Å². The molecule has 0 aliphatic rings. The zero-order chi connectivity index (χ0) is 13.8. The van der Waals surface area contributed by atoms with Gasteiger partial charge in [0.1, 0.15) is 5.75 Å². The van der Waals surface area contributed by atoms with E-state index in [1.165, 1.54) is 7.11 Å². The van der Waals surface area contributed by atoms with Gasteiger partial charge in [0.2, 0.25) is 0 Å². The number of alkyl halides is 3. The van der Waals surface area contributed by atoms with E-state index >= 15 is 0 Å². The summed E-state index contributed by atoms with van der Waals surface area (Å²) in [5, 5.41) is 0. The number of nitrogens with two attached hydrogens (primary N) is 1. The molecule has 0 bridgehead atoms. The van der Waals surface area contributed by atoms with Gasteiger partial charge >= 0.3 is 6.18 Å². The maximum Gasteiger partial charge on any atom is 0.389 e. The fourth-order valence-electron chi connectivity index (χ4n) is 1.64. The van der Waals surface area contributed by atoms with Crippen LogP contribution in [0.3, 0.4) is 0 Å². The number of halogens is 4. The third-order valence-corrected chi connectivity index (χ3v) is 3.02. The van der Waals surface area contributed by atoms with Gasteiger partial charge in [0, 0.05) is 16.9 Å². The molecular weight excluding hydrogens is 311 g/mol. The van der Waals surface area contributed by atoms with Crippen LogP contribution in [-0.2, 0) is 6.42 Å². The lowest BCUT2D eigenvalue weighted by atomic mass is 10.0. The van der Waals surface area contributed by atoms with Crippen LogP contribution < -0.4 is 10.5 Å². The van der Waals surface area contributed by atoms with Crippen molar-refractivity contribution in [2.75, 3.05) is 7.11 Å². The molecule has 1 rings (SSSR count). The van der Waals surface area contributed by atoms with Gasteiger partial charge in [-0.2, -0.15) is 13.2 Å². The van der Waals surface area contributed by atoms with E-state index in [0.29, 0.717) is 12.2 Å². The molecule has 2 nitrogen and oxygen atoms in total. The lowest BCUT2D eigenvalue weighted by Crippen LogP contribution is -2.25. The van der Waals surface area contributed by atoms with Gasteiger partial charge in [0.15, 0.2) is 0 Å². The molecule has 1 atom stereocenters. The summed E-state index contributed by atoms with van der Waals surface area (Å²) in [4.78, 5) is 0. The number of hydrogen-bond acceptors (Lipinski definition) is 2. The maximum atomic E-state index is 12.1. The molecule has 1 unspecified atom stereocenters. The molecule has 0 spiro atoms. The normalized spacial score (nSPS) is 13.4. The van der Waals surface area contributed by atoms with Crippen molar-refractivity contribution in [3.8, 4) is 5.75 Å². The highest BCUT2D eigenvalue weighted by atomic mass is 79.9. The van der Waals surface area contributed by atoms with Gasteiger partial charge in [-0.3, -0.25) is 0 Å². The van der Waals surface area contributed by atoms with E-state index in [9.17, 15) is 13.2 Å². The van der Waals surface area contributed by atoms with E-state index in [1.807, 2.05) is 12.1 Å². The second-order valence-electron chi connectivity index (χ2n) is 4.07. The number of benzene rings is 1. The lowest BCUT2D eigenvalue weighted by Gasteiger charge is -2.15. The van der Waals surface area contributed by atoms with E-state index in [4.69, 9.17) is 10.5 Å². The zero-order valence-electron chi connectivity index (χ0n) is 9.93. The van der Waals surface area contributed by atoms with Crippen LogP contribution in [0.5, 0.6) is 5.75 Å². The summed E-state index contributed by atoms with van der Waals surface area (Å²) in [6.07, 6.45) is -4.73. The lowest BCUT2D eigenvalue weighted by molar-refractivity contribution is -0.136. The monoisotopic (exact) mass is 325 g/mol. The molecule has 18 heavy (non-hydrogen) atoms. The van der Waals surface area contributed by atoms with Gasteiger partial charge < -0.3 is 10.5 Å². The number of rotatable bonds is 5. The van der Waals surface area contributed by atoms with Crippen LogP contribution in [0, 0.1) is 0 Å². The Morgan fingerprint density at radius 3 is 2.61 bits per heavy atom. The molecule has 0 saturated heterocycles. The van der Waals surface area contributed by atoms with Crippen LogP contribution in [0.4, 0.5) is 13.2 Å². The minimum absolute atomic E-state index is 0.0842. The van der Waals surface area contributed by atoms with Crippen molar-refractivity contribution in [2.45, 2.75) is 31.5 Å². The molecule has 0 aliphatic carbocycles. The van der Waals surface area contributed by atoms with Crippen LogP contribution in [0.15, 0.2) is 22.7 Å². The Morgan fingerprint density at radius 2 is 2.06 bits per heavy atom. The predicted molar refractivity (Wildman–Crippen MR) is 67.7 cm³/mol. The Morgan fingerprint density at radius 1 is 1.39 bits per heavy atom. The minimum Gasteiger partial charge on any atom is -0.496 e. The molecule has 1 aromatic rings. The van der Waals surface area contributed by atoms with Crippen LogP contribution >= 0.6 is 15.9 Å². The third kappa shape index (κ3) is 5.27. The van der Waals surface area contributed by atoms with Crippen LogP contribution in [-0.4, -0.2) is 19.3 Å². The molecule has 0 fully saturated rings. The molecule has 0 saturated carbocycles. The van der Waals surface area contributed by atoms with E-state index in [2.05, 4.69) is 15.9 Å². The van der Waals surface area contributed by atoms with Crippen molar-refractivity contribution >= 4 is 15.9 Å². The second-order valence-corrected chi connectivity index (χ2v) is 4.99. The van der Waals surface area contributed by atoms with Crippen LogP contribution in [0.25, 0.3) is 0 Å². The summed E-state index contributed by atoms with van der Waals surface area (Å²) in [7, 11) is 1.52. The van der Waals surface area contributed by atoms with Gasteiger partial charge in [-0.15, -0.1) is 0 Å². The molecule has 0 amide bonds. The van der Waals surface area contributed by atoms with Crippen LogP contribution in [0.2, 0.25) is 0 Å². The van der Waals surface area contributed by atoms with Gasteiger partial charge in [0.05, 0.1) is 7.11 Å². The van der Waals surface area contributed by atoms with Crippen molar-refractivity contribution in [1.82, 2.24) is 0 Å². The summed E-state index contributed by atoms with van der Waals surface area (Å²) in [5.74, 6) is 0.639. The molecule has 0 aromatic heterocycles. The molecule has 6 heteroatoms. The average Bonchev–Trinajstić information content (AvgIpc) is 2.26. The molecular formula is C12H15BrF3NO. The van der Waals surface area contributed by atoms with Crippen molar-refractivity contribution in [3.63, 3.8) is 0 Å². The fourth-order valence-corrected chi connectivity index (χ4v) is 2.05. The van der Waals surface area contributed by atoms with Gasteiger partial charge in [-0.1, -0.05) is 15.9 Å². The summed E-state index contributed by atoms with van der Waals surface area (Å²) in [6.45, 7) is 0. The molecule has 0 aliphatic heterocycles. The largest absolute Gasteiger partial charge is 0.496 e. The number of methoxy groups -OCH3 is 1. The highest BCUT2D eigenvalue weighted by Gasteiger charge is 2.27. The second kappa shape index (κ2) is 6.43. The third-order valence-electron chi connectivity index (χ3n) is 2.52. The Bertz CT molecular complexity index is 395.